The maximum absolute atomic E-state index is 12.0. The zero-order chi connectivity index (χ0) is 18.5. The van der Waals surface area contributed by atoms with E-state index in [1.807, 2.05) is 0 Å². The van der Waals surface area contributed by atoms with Crippen LogP contribution in [0, 0.1) is 6.92 Å². The van der Waals surface area contributed by atoms with Crippen LogP contribution in [0.4, 0.5) is 5.69 Å². The second-order valence-corrected chi connectivity index (χ2v) is 6.29. The van der Waals surface area contributed by atoms with Crippen molar-refractivity contribution in [3.8, 4) is 11.5 Å². The molecule has 0 bridgehead atoms. The summed E-state index contributed by atoms with van der Waals surface area (Å²) >= 11 is 0. The van der Waals surface area contributed by atoms with E-state index < -0.39 is 11.8 Å². The molecule has 2 N–H and O–H groups in total. The van der Waals surface area contributed by atoms with Gasteiger partial charge in [-0.15, -0.1) is 10.2 Å². The van der Waals surface area contributed by atoms with Gasteiger partial charge in [-0.25, -0.2) is 0 Å². The van der Waals surface area contributed by atoms with Crippen LogP contribution >= 0.6 is 0 Å². The van der Waals surface area contributed by atoms with Gasteiger partial charge in [0.05, 0.1) is 0 Å². The Bertz CT molecular complexity index is 771. The summed E-state index contributed by atoms with van der Waals surface area (Å²) in [5.41, 5.74) is 1.27. The van der Waals surface area contributed by atoms with Gasteiger partial charge in [-0.05, 0) is 50.2 Å². The maximum atomic E-state index is 12.0. The van der Waals surface area contributed by atoms with E-state index in [2.05, 4.69) is 32.7 Å². The Labute approximate surface area is 152 Å². The molecule has 26 heavy (non-hydrogen) atoms. The molecule has 0 aliphatic carbocycles. The van der Waals surface area contributed by atoms with Gasteiger partial charge in [0.25, 0.3) is 0 Å². The second-order valence-electron chi connectivity index (χ2n) is 6.29. The summed E-state index contributed by atoms with van der Waals surface area (Å²) in [4.78, 5) is 26.4. The van der Waals surface area contributed by atoms with E-state index in [-0.39, 0.29) is 0 Å². The van der Waals surface area contributed by atoms with Gasteiger partial charge in [-0.2, -0.15) is 0 Å². The number of likely N-dealkylation sites (N-methyl/N-ethyl adjacent to an activating group) is 1. The molecule has 1 aliphatic heterocycles. The first kappa shape index (κ1) is 18.1. The van der Waals surface area contributed by atoms with Crippen molar-refractivity contribution in [1.82, 2.24) is 20.4 Å². The van der Waals surface area contributed by atoms with Crippen LogP contribution in [0.15, 0.2) is 28.7 Å². The maximum Gasteiger partial charge on any atom is 0.313 e. The zero-order valence-corrected chi connectivity index (χ0v) is 15.0. The average molecular weight is 357 g/mol. The van der Waals surface area contributed by atoms with Gasteiger partial charge in [0.15, 0.2) is 0 Å². The number of carbonyl (C=O) groups is 2. The Morgan fingerprint density at radius 2 is 2.00 bits per heavy atom. The zero-order valence-electron chi connectivity index (χ0n) is 15.0. The van der Waals surface area contributed by atoms with Gasteiger partial charge in [0.2, 0.25) is 11.8 Å². The summed E-state index contributed by atoms with van der Waals surface area (Å²) in [6.45, 7) is 6.32. The van der Waals surface area contributed by atoms with Gasteiger partial charge in [0.1, 0.15) is 0 Å². The number of hydrogen-bond donors (Lipinski definition) is 2. The molecule has 2 amide bonds. The van der Waals surface area contributed by atoms with Crippen LogP contribution in [0.25, 0.3) is 11.5 Å². The molecule has 8 heteroatoms. The molecule has 2 aromatic rings. The molecule has 2 heterocycles. The third-order valence-electron chi connectivity index (χ3n) is 4.53. The summed E-state index contributed by atoms with van der Waals surface area (Å²) in [5, 5.41) is 13.0. The predicted molar refractivity (Wildman–Crippen MR) is 96.4 cm³/mol. The molecule has 3 rings (SSSR count). The Morgan fingerprint density at radius 1 is 1.23 bits per heavy atom. The minimum Gasteiger partial charge on any atom is -0.421 e. The second kappa shape index (κ2) is 8.09. The van der Waals surface area contributed by atoms with Crippen LogP contribution in [0.5, 0.6) is 0 Å². The fourth-order valence-electron chi connectivity index (χ4n) is 3.13. The summed E-state index contributed by atoms with van der Waals surface area (Å²) in [7, 11) is 0. The first-order valence-electron chi connectivity index (χ1n) is 8.80. The lowest BCUT2D eigenvalue weighted by atomic mass is 10.2. The third kappa shape index (κ3) is 4.26. The van der Waals surface area contributed by atoms with Gasteiger partial charge in [0, 0.05) is 30.8 Å². The third-order valence-corrected chi connectivity index (χ3v) is 4.53. The molecule has 138 valence electrons. The summed E-state index contributed by atoms with van der Waals surface area (Å²) in [6.07, 6.45) is 2.18. The molecule has 0 saturated carbocycles. The highest BCUT2D eigenvalue weighted by Gasteiger charge is 2.24. The smallest absolute Gasteiger partial charge is 0.313 e. The van der Waals surface area contributed by atoms with Crippen molar-refractivity contribution in [2.75, 3.05) is 25.0 Å². The normalized spacial score (nSPS) is 17.2. The van der Waals surface area contributed by atoms with Crippen molar-refractivity contribution in [2.45, 2.75) is 32.7 Å². The number of aromatic nitrogens is 2. The molecule has 8 nitrogen and oxygen atoms in total. The largest absolute Gasteiger partial charge is 0.421 e. The van der Waals surface area contributed by atoms with Crippen LogP contribution < -0.4 is 10.6 Å². The van der Waals surface area contributed by atoms with E-state index in [0.29, 0.717) is 30.1 Å². The van der Waals surface area contributed by atoms with Gasteiger partial charge in [-0.1, -0.05) is 6.92 Å². The van der Waals surface area contributed by atoms with Crippen LogP contribution in [0.3, 0.4) is 0 Å². The molecule has 1 aromatic carbocycles. The predicted octanol–water partition coefficient (Wildman–Crippen LogP) is 1.58. The fourth-order valence-corrected chi connectivity index (χ4v) is 3.13. The summed E-state index contributed by atoms with van der Waals surface area (Å²) in [5.74, 6) is -0.398. The highest BCUT2D eigenvalue weighted by Crippen LogP contribution is 2.20. The molecule has 1 aliphatic rings. The number of hydrogen-bond acceptors (Lipinski definition) is 6. The number of rotatable bonds is 5. The molecule has 1 fully saturated rings. The van der Waals surface area contributed by atoms with Crippen molar-refractivity contribution in [3.05, 3.63) is 30.2 Å². The number of anilines is 1. The first-order valence-corrected chi connectivity index (χ1v) is 8.80. The van der Waals surface area contributed by atoms with Gasteiger partial charge >= 0.3 is 11.8 Å². The van der Waals surface area contributed by atoms with Crippen molar-refractivity contribution in [3.63, 3.8) is 0 Å². The van der Waals surface area contributed by atoms with Crippen molar-refractivity contribution < 1.29 is 14.0 Å². The topological polar surface area (TPSA) is 100 Å². The molecule has 0 spiro atoms. The lowest BCUT2D eigenvalue weighted by Gasteiger charge is -2.22. The van der Waals surface area contributed by atoms with E-state index in [0.717, 1.165) is 31.5 Å². The molecular weight excluding hydrogens is 334 g/mol. The number of aryl methyl sites for hydroxylation is 1. The molecule has 1 atom stereocenters. The first-order chi connectivity index (χ1) is 12.6. The SMILES string of the molecule is CCN1CCC[C@H]1CNC(=O)C(=O)Nc1ccc(-c2nnc(C)o2)cc1. The van der Waals surface area contributed by atoms with E-state index in [9.17, 15) is 9.59 Å². The Balaban J connectivity index is 1.51. The van der Waals surface area contributed by atoms with E-state index in [1.165, 1.54) is 0 Å². The highest BCUT2D eigenvalue weighted by molar-refractivity contribution is 6.39. The number of carbonyl (C=O) groups excluding carboxylic acids is 2. The summed E-state index contributed by atoms with van der Waals surface area (Å²) in [6, 6.07) is 7.19. The molecule has 1 saturated heterocycles. The standard InChI is InChI=1S/C18H23N5O3/c1-3-23-10-4-5-15(23)11-19-16(24)17(25)20-14-8-6-13(7-9-14)18-22-21-12(2)26-18/h6-9,15H,3-5,10-11H2,1-2H3,(H,19,24)(H,20,25)/t15-/m0/s1. The van der Waals surface area contributed by atoms with Crippen molar-refractivity contribution in [1.29, 1.82) is 0 Å². The molecule has 1 aromatic heterocycles. The number of nitrogens with zero attached hydrogens (tertiary/aromatic N) is 3. The van der Waals surface area contributed by atoms with Gasteiger partial charge in [-0.3, -0.25) is 14.5 Å². The number of amides is 2. The van der Waals surface area contributed by atoms with E-state index in [1.54, 1.807) is 31.2 Å². The Kier molecular flexibility index (Phi) is 5.62. The lowest BCUT2D eigenvalue weighted by Crippen LogP contribution is -2.43. The monoisotopic (exact) mass is 357 g/mol. The van der Waals surface area contributed by atoms with Gasteiger partial charge < -0.3 is 15.1 Å². The number of likely N-dealkylation sites (tertiary alicyclic amines) is 1. The van der Waals surface area contributed by atoms with Crippen LogP contribution in [-0.2, 0) is 9.59 Å². The Hall–Kier alpha value is -2.74. The lowest BCUT2D eigenvalue weighted by molar-refractivity contribution is -0.136. The van der Waals surface area contributed by atoms with Crippen LogP contribution in [0.1, 0.15) is 25.7 Å². The number of nitrogens with one attached hydrogen (secondary N) is 2. The van der Waals surface area contributed by atoms with Crippen molar-refractivity contribution >= 4 is 17.5 Å². The minimum atomic E-state index is -0.674. The van der Waals surface area contributed by atoms with Crippen LogP contribution in [0.2, 0.25) is 0 Å². The fraction of sp³-hybridized carbons (Fsp3) is 0.444. The quantitative estimate of drug-likeness (QED) is 0.788. The highest BCUT2D eigenvalue weighted by atomic mass is 16.4. The summed E-state index contributed by atoms with van der Waals surface area (Å²) < 4.78 is 5.35. The van der Waals surface area contributed by atoms with Crippen molar-refractivity contribution in [2.24, 2.45) is 0 Å². The van der Waals surface area contributed by atoms with Crippen LogP contribution in [-0.4, -0.2) is 52.6 Å². The molecule has 0 radical (unpaired) electrons. The Morgan fingerprint density at radius 3 is 2.65 bits per heavy atom. The molecular formula is C18H23N5O3. The molecule has 0 unspecified atom stereocenters. The van der Waals surface area contributed by atoms with E-state index in [4.69, 9.17) is 4.42 Å². The number of benzene rings is 1. The van der Waals surface area contributed by atoms with E-state index >= 15 is 0 Å². The average Bonchev–Trinajstić information content (AvgIpc) is 3.28. The minimum absolute atomic E-state index is 0.314.